The Morgan fingerprint density at radius 1 is 0.919 bits per heavy atom. The number of pyridine rings is 1. The van der Waals surface area contributed by atoms with Gasteiger partial charge in [0.2, 0.25) is 0 Å². The number of aryl methyl sites for hydroxylation is 3. The van der Waals surface area contributed by atoms with Gasteiger partial charge in [0.1, 0.15) is 0 Å². The minimum absolute atomic E-state index is 0.0114. The molecule has 2 aromatic heterocycles. The Labute approximate surface area is 225 Å². The molecule has 0 bridgehead atoms. The Kier molecular flexibility index (Phi) is 7.28. The van der Waals surface area contributed by atoms with Crippen LogP contribution in [0.5, 0.6) is 0 Å². The van der Waals surface area contributed by atoms with Crippen LogP contribution in [0, 0.1) is 27.7 Å². The van der Waals surface area contributed by atoms with Crippen LogP contribution in [-0.4, -0.2) is 32.7 Å². The van der Waals surface area contributed by atoms with Gasteiger partial charge in [0, 0.05) is 36.4 Å². The summed E-state index contributed by atoms with van der Waals surface area (Å²) in [6.45, 7) is 10.6. The molecule has 1 saturated heterocycles. The number of thiocarbonyl (C=S) groups is 1. The molecule has 4 aromatic rings. The van der Waals surface area contributed by atoms with Crippen molar-refractivity contribution >= 4 is 23.0 Å². The van der Waals surface area contributed by atoms with Gasteiger partial charge in [-0.25, -0.2) is 0 Å². The fraction of sp³-hybridized carbons (Fsp3) is 0.290. The van der Waals surface area contributed by atoms with E-state index in [1.807, 2.05) is 18.3 Å². The van der Waals surface area contributed by atoms with Gasteiger partial charge in [-0.3, -0.25) is 4.98 Å². The fourth-order valence-electron chi connectivity index (χ4n) is 5.61. The largest absolute Gasteiger partial charge is 0.385 e. The monoisotopic (exact) mass is 509 g/mol. The molecule has 2 aromatic carbocycles. The summed E-state index contributed by atoms with van der Waals surface area (Å²) in [4.78, 5) is 7.08. The number of rotatable bonds is 8. The average molecular weight is 510 g/mol. The van der Waals surface area contributed by atoms with Gasteiger partial charge in [-0.2, -0.15) is 0 Å². The van der Waals surface area contributed by atoms with Crippen LogP contribution in [0.4, 0.5) is 5.69 Å². The third-order valence-electron chi connectivity index (χ3n) is 7.33. The highest BCUT2D eigenvalue weighted by molar-refractivity contribution is 7.80. The van der Waals surface area contributed by atoms with Crippen molar-refractivity contribution in [2.45, 2.75) is 46.2 Å². The molecule has 1 fully saturated rings. The first-order valence-corrected chi connectivity index (χ1v) is 13.4. The minimum atomic E-state index is -0.0114. The van der Waals surface area contributed by atoms with Gasteiger partial charge < -0.3 is 20.1 Å². The smallest absolute Gasteiger partial charge is 0.170 e. The maximum atomic E-state index is 5.92. The number of nitrogens with one attached hydrogen (secondary N) is 2. The maximum Gasteiger partial charge on any atom is 0.170 e. The van der Waals surface area contributed by atoms with Gasteiger partial charge in [-0.05, 0) is 93.4 Å². The van der Waals surface area contributed by atoms with Crippen LogP contribution < -0.4 is 10.6 Å². The van der Waals surface area contributed by atoms with Crippen LogP contribution in [0.3, 0.4) is 0 Å². The summed E-state index contributed by atoms with van der Waals surface area (Å²) in [5.41, 5.74) is 9.75. The summed E-state index contributed by atoms with van der Waals surface area (Å²) in [7, 11) is 0. The molecule has 5 nitrogen and oxygen atoms in total. The van der Waals surface area contributed by atoms with Crippen LogP contribution in [-0.2, 0) is 0 Å². The second-order valence-corrected chi connectivity index (χ2v) is 10.3. The van der Waals surface area contributed by atoms with E-state index in [-0.39, 0.29) is 12.1 Å². The van der Waals surface area contributed by atoms with Crippen molar-refractivity contribution in [3.8, 4) is 5.69 Å². The third kappa shape index (κ3) is 4.98. The standard InChI is InChI=1S/C31H35N5S/c1-21-12-10-13-22(2)29(21)36-23(3)20-26(24(36)4)30-28(27-16-8-9-17-33-27)34-31(37)35(30)19-11-18-32-25-14-6-5-7-15-25/h5-10,12-17,20,28,30,32H,11,18-19H2,1-4H3,(H,34,37). The molecule has 0 aliphatic carbocycles. The topological polar surface area (TPSA) is 45.1 Å². The van der Waals surface area contributed by atoms with Crippen molar-refractivity contribution in [2.75, 3.05) is 18.4 Å². The van der Waals surface area contributed by atoms with Crippen molar-refractivity contribution in [3.05, 3.63) is 113 Å². The Hall–Kier alpha value is -3.64. The second kappa shape index (κ2) is 10.8. The summed E-state index contributed by atoms with van der Waals surface area (Å²) >= 11 is 5.92. The van der Waals surface area contributed by atoms with Crippen molar-refractivity contribution in [1.82, 2.24) is 19.8 Å². The van der Waals surface area contributed by atoms with Crippen LogP contribution in [0.25, 0.3) is 5.69 Å². The SMILES string of the molecule is Cc1cccc(C)c1-n1c(C)cc(C2C(c3ccccn3)NC(=S)N2CCCNc2ccccc2)c1C. The molecule has 2 N–H and O–H groups in total. The molecule has 190 valence electrons. The molecule has 1 aliphatic heterocycles. The van der Waals surface area contributed by atoms with E-state index in [9.17, 15) is 0 Å². The highest BCUT2D eigenvalue weighted by Crippen LogP contribution is 2.41. The Morgan fingerprint density at radius 2 is 1.65 bits per heavy atom. The molecule has 6 heteroatoms. The van der Waals surface area contributed by atoms with E-state index in [4.69, 9.17) is 17.2 Å². The zero-order valence-corrected chi connectivity index (χ0v) is 22.8. The molecular weight excluding hydrogens is 474 g/mol. The molecule has 37 heavy (non-hydrogen) atoms. The van der Waals surface area contributed by atoms with E-state index in [0.717, 1.165) is 36.0 Å². The molecule has 0 amide bonds. The predicted molar refractivity (Wildman–Crippen MR) is 156 cm³/mol. The molecule has 3 heterocycles. The van der Waals surface area contributed by atoms with Gasteiger partial charge in [0.25, 0.3) is 0 Å². The number of benzene rings is 2. The third-order valence-corrected chi connectivity index (χ3v) is 7.68. The van der Waals surface area contributed by atoms with E-state index in [1.165, 1.54) is 33.8 Å². The summed E-state index contributed by atoms with van der Waals surface area (Å²) < 4.78 is 2.41. The van der Waals surface area contributed by atoms with Gasteiger partial charge in [-0.15, -0.1) is 0 Å². The summed E-state index contributed by atoms with van der Waals surface area (Å²) in [5, 5.41) is 7.93. The number of nitrogens with zero attached hydrogens (tertiary/aromatic N) is 3. The minimum Gasteiger partial charge on any atom is -0.385 e. The number of aromatic nitrogens is 2. The zero-order valence-electron chi connectivity index (χ0n) is 22.0. The highest BCUT2D eigenvalue weighted by atomic mass is 32.1. The molecule has 2 unspecified atom stereocenters. The van der Waals surface area contributed by atoms with Crippen LogP contribution in [0.15, 0.2) is 79.0 Å². The Morgan fingerprint density at radius 3 is 2.35 bits per heavy atom. The number of para-hydroxylation sites is 2. The summed E-state index contributed by atoms with van der Waals surface area (Å²) in [5.74, 6) is 0. The lowest BCUT2D eigenvalue weighted by Crippen LogP contribution is -2.31. The van der Waals surface area contributed by atoms with E-state index in [2.05, 4.69) is 108 Å². The molecule has 0 radical (unpaired) electrons. The number of anilines is 1. The first-order valence-electron chi connectivity index (χ1n) is 13.0. The van der Waals surface area contributed by atoms with Crippen molar-refractivity contribution in [3.63, 3.8) is 0 Å². The van der Waals surface area contributed by atoms with E-state index in [1.54, 1.807) is 0 Å². The molecule has 0 spiro atoms. The van der Waals surface area contributed by atoms with Gasteiger partial charge >= 0.3 is 0 Å². The summed E-state index contributed by atoms with van der Waals surface area (Å²) in [6, 6.07) is 25.4. The molecule has 5 rings (SSSR count). The zero-order chi connectivity index (χ0) is 25.9. The van der Waals surface area contributed by atoms with E-state index < -0.39 is 0 Å². The molecule has 1 aliphatic rings. The number of hydrogen-bond donors (Lipinski definition) is 2. The van der Waals surface area contributed by atoms with Crippen molar-refractivity contribution in [2.24, 2.45) is 0 Å². The average Bonchev–Trinajstić information content (AvgIpc) is 3.38. The van der Waals surface area contributed by atoms with Crippen molar-refractivity contribution < 1.29 is 0 Å². The normalized spacial score (nSPS) is 17.2. The fourth-order valence-corrected chi connectivity index (χ4v) is 5.94. The lowest BCUT2D eigenvalue weighted by atomic mass is 9.96. The molecule has 2 atom stereocenters. The molecular formula is C31H35N5S. The lowest BCUT2D eigenvalue weighted by Gasteiger charge is -2.28. The van der Waals surface area contributed by atoms with Gasteiger partial charge in [0.15, 0.2) is 5.11 Å². The number of hydrogen-bond acceptors (Lipinski definition) is 3. The van der Waals surface area contributed by atoms with Crippen LogP contribution in [0.2, 0.25) is 0 Å². The van der Waals surface area contributed by atoms with Crippen molar-refractivity contribution in [1.29, 1.82) is 0 Å². The van der Waals surface area contributed by atoms with E-state index >= 15 is 0 Å². The maximum absolute atomic E-state index is 5.92. The first kappa shape index (κ1) is 25.0. The lowest BCUT2D eigenvalue weighted by molar-refractivity contribution is 0.315. The Balaban J connectivity index is 1.49. The predicted octanol–water partition coefficient (Wildman–Crippen LogP) is 6.58. The van der Waals surface area contributed by atoms with Crippen LogP contribution in [0.1, 0.15) is 52.3 Å². The summed E-state index contributed by atoms with van der Waals surface area (Å²) in [6.07, 6.45) is 2.83. The Bertz CT molecular complexity index is 1360. The van der Waals surface area contributed by atoms with Gasteiger partial charge in [-0.1, -0.05) is 42.5 Å². The molecule has 0 saturated carbocycles. The highest BCUT2D eigenvalue weighted by Gasteiger charge is 2.41. The van der Waals surface area contributed by atoms with Crippen LogP contribution >= 0.6 is 12.2 Å². The first-order chi connectivity index (χ1) is 18.0. The van der Waals surface area contributed by atoms with Gasteiger partial charge in [0.05, 0.1) is 23.5 Å². The second-order valence-electron chi connectivity index (χ2n) is 9.87. The quantitative estimate of drug-likeness (QED) is 0.207. The van der Waals surface area contributed by atoms with E-state index in [0.29, 0.717) is 0 Å².